The average Bonchev–Trinajstić information content (AvgIpc) is 3.03. The van der Waals surface area contributed by atoms with Gasteiger partial charge in [0.1, 0.15) is 12.2 Å². The molecule has 1 heterocycles. The zero-order valence-electron chi connectivity index (χ0n) is 15.6. The number of aliphatic hydroxyl groups excluding tert-OH is 1. The number of rotatable bonds is 7. The van der Waals surface area contributed by atoms with Crippen molar-refractivity contribution in [3.05, 3.63) is 84.4 Å². The fraction of sp³-hybridized carbons (Fsp3) is 0.273. The molecular weight excluding hydrogens is 358 g/mol. The van der Waals surface area contributed by atoms with Crippen LogP contribution in [0, 0.1) is 0 Å². The molecule has 28 heavy (non-hydrogen) atoms. The summed E-state index contributed by atoms with van der Waals surface area (Å²) in [6.07, 6.45) is -2.63. The van der Waals surface area contributed by atoms with Crippen LogP contribution in [0.15, 0.2) is 73.3 Å². The van der Waals surface area contributed by atoms with Gasteiger partial charge in [0.15, 0.2) is 6.10 Å². The number of carbonyl (C=O) groups is 2. The van der Waals surface area contributed by atoms with E-state index in [0.29, 0.717) is 0 Å². The summed E-state index contributed by atoms with van der Waals surface area (Å²) in [7, 11) is 0. The van der Waals surface area contributed by atoms with Gasteiger partial charge in [-0.3, -0.25) is 4.79 Å². The van der Waals surface area contributed by atoms with Gasteiger partial charge < -0.3 is 14.6 Å². The number of cyclic esters (lactones) is 1. The van der Waals surface area contributed by atoms with Gasteiger partial charge in [0.2, 0.25) is 0 Å². The smallest absolute Gasteiger partial charge is 0.417 e. The molecule has 146 valence electrons. The van der Waals surface area contributed by atoms with Crippen molar-refractivity contribution in [2.75, 3.05) is 0 Å². The summed E-state index contributed by atoms with van der Waals surface area (Å²) in [6, 6.07) is 17.9. The minimum absolute atomic E-state index is 0.113. The number of ether oxygens (including phenoxy) is 2. The molecule has 0 spiro atoms. The molecule has 1 N–H and O–H groups in total. The zero-order valence-corrected chi connectivity index (χ0v) is 15.6. The van der Waals surface area contributed by atoms with E-state index < -0.39 is 36.4 Å². The first-order valence-electron chi connectivity index (χ1n) is 9.07. The van der Waals surface area contributed by atoms with Crippen LogP contribution in [-0.4, -0.2) is 40.3 Å². The second-order valence-corrected chi connectivity index (χ2v) is 6.61. The van der Waals surface area contributed by atoms with Crippen molar-refractivity contribution < 1.29 is 24.2 Å². The second kappa shape index (κ2) is 8.82. The first kappa shape index (κ1) is 19.8. The molecule has 4 atom stereocenters. The molecule has 0 radical (unpaired) electrons. The Morgan fingerprint density at radius 2 is 1.82 bits per heavy atom. The summed E-state index contributed by atoms with van der Waals surface area (Å²) in [5, 5.41) is 10.2. The highest BCUT2D eigenvalue weighted by Gasteiger charge is 2.46. The van der Waals surface area contributed by atoms with Crippen molar-refractivity contribution in [2.24, 2.45) is 0 Å². The summed E-state index contributed by atoms with van der Waals surface area (Å²) in [4.78, 5) is 26.5. The van der Waals surface area contributed by atoms with E-state index in [4.69, 9.17) is 9.47 Å². The number of imide groups is 1. The minimum atomic E-state index is -1.26. The lowest BCUT2D eigenvalue weighted by Gasteiger charge is -2.26. The van der Waals surface area contributed by atoms with Gasteiger partial charge in [-0.25, -0.2) is 9.69 Å². The molecule has 0 bridgehead atoms. The number of benzene rings is 2. The SMILES string of the molecule is C=C[C@H](O)[C@@H](OCc1ccccc1)C(=O)N1C(=O)O[C@@H](c2ccccc2)[C@H]1C. The Hall–Kier alpha value is -2.96. The van der Waals surface area contributed by atoms with Crippen LogP contribution in [-0.2, 0) is 20.9 Å². The minimum Gasteiger partial charge on any atom is -0.439 e. The van der Waals surface area contributed by atoms with E-state index in [1.807, 2.05) is 60.7 Å². The lowest BCUT2D eigenvalue weighted by atomic mass is 10.0. The Kier molecular flexibility index (Phi) is 6.23. The Labute approximate surface area is 164 Å². The van der Waals surface area contributed by atoms with E-state index >= 15 is 0 Å². The monoisotopic (exact) mass is 381 g/mol. The lowest BCUT2D eigenvalue weighted by molar-refractivity contribution is -0.148. The van der Waals surface area contributed by atoms with Crippen LogP contribution in [0.25, 0.3) is 0 Å². The Morgan fingerprint density at radius 1 is 1.21 bits per heavy atom. The average molecular weight is 381 g/mol. The predicted octanol–water partition coefficient (Wildman–Crippen LogP) is 3.23. The largest absolute Gasteiger partial charge is 0.439 e. The molecular formula is C22H23NO5. The van der Waals surface area contributed by atoms with Gasteiger partial charge in [0, 0.05) is 0 Å². The van der Waals surface area contributed by atoms with Gasteiger partial charge in [-0.2, -0.15) is 0 Å². The summed E-state index contributed by atoms with van der Waals surface area (Å²) < 4.78 is 11.1. The Bertz CT molecular complexity index is 823. The van der Waals surface area contributed by atoms with Crippen LogP contribution >= 0.6 is 0 Å². The van der Waals surface area contributed by atoms with Crippen LogP contribution in [0.5, 0.6) is 0 Å². The van der Waals surface area contributed by atoms with Gasteiger partial charge in [-0.05, 0) is 18.1 Å². The molecule has 1 aliphatic heterocycles. The summed E-state index contributed by atoms with van der Waals surface area (Å²) in [6.45, 7) is 5.37. The van der Waals surface area contributed by atoms with Crippen LogP contribution in [0.4, 0.5) is 4.79 Å². The van der Waals surface area contributed by atoms with Crippen molar-refractivity contribution in [3.63, 3.8) is 0 Å². The molecule has 2 aromatic carbocycles. The van der Waals surface area contributed by atoms with Crippen molar-refractivity contribution >= 4 is 12.0 Å². The van der Waals surface area contributed by atoms with Gasteiger partial charge in [-0.1, -0.05) is 66.7 Å². The summed E-state index contributed by atoms with van der Waals surface area (Å²) in [5.74, 6) is -0.653. The van der Waals surface area contributed by atoms with Crippen LogP contribution in [0.1, 0.15) is 24.2 Å². The van der Waals surface area contributed by atoms with Crippen LogP contribution in [0.3, 0.4) is 0 Å². The number of amides is 2. The molecule has 6 nitrogen and oxygen atoms in total. The van der Waals surface area contributed by atoms with Crippen LogP contribution in [0.2, 0.25) is 0 Å². The number of nitrogens with zero attached hydrogens (tertiary/aromatic N) is 1. The number of hydrogen-bond donors (Lipinski definition) is 1. The van der Waals surface area contributed by atoms with Gasteiger partial charge in [-0.15, -0.1) is 6.58 Å². The van der Waals surface area contributed by atoms with E-state index in [0.717, 1.165) is 16.0 Å². The van der Waals surface area contributed by atoms with E-state index in [9.17, 15) is 14.7 Å². The van der Waals surface area contributed by atoms with Crippen molar-refractivity contribution in [1.29, 1.82) is 0 Å². The van der Waals surface area contributed by atoms with E-state index in [2.05, 4.69) is 6.58 Å². The Balaban J connectivity index is 1.77. The van der Waals surface area contributed by atoms with Gasteiger partial charge in [0.05, 0.1) is 12.6 Å². The lowest BCUT2D eigenvalue weighted by Crippen LogP contribution is -2.49. The highest BCUT2D eigenvalue weighted by atomic mass is 16.6. The second-order valence-electron chi connectivity index (χ2n) is 6.61. The molecule has 0 aliphatic carbocycles. The fourth-order valence-corrected chi connectivity index (χ4v) is 3.18. The molecule has 1 aliphatic rings. The van der Waals surface area contributed by atoms with Gasteiger partial charge in [0.25, 0.3) is 5.91 Å². The predicted molar refractivity (Wildman–Crippen MR) is 103 cm³/mol. The number of hydrogen-bond acceptors (Lipinski definition) is 5. The van der Waals surface area contributed by atoms with Crippen LogP contribution < -0.4 is 0 Å². The fourth-order valence-electron chi connectivity index (χ4n) is 3.18. The van der Waals surface area contributed by atoms with Crippen molar-refractivity contribution in [2.45, 2.75) is 37.9 Å². The highest BCUT2D eigenvalue weighted by Crippen LogP contribution is 2.33. The maximum absolute atomic E-state index is 13.1. The summed E-state index contributed by atoms with van der Waals surface area (Å²) in [5.41, 5.74) is 1.64. The molecule has 0 aromatic heterocycles. The first-order chi connectivity index (χ1) is 13.5. The van der Waals surface area contributed by atoms with Crippen molar-refractivity contribution in [3.8, 4) is 0 Å². The zero-order chi connectivity index (χ0) is 20.1. The maximum atomic E-state index is 13.1. The molecule has 3 rings (SSSR count). The molecule has 1 fully saturated rings. The van der Waals surface area contributed by atoms with E-state index in [1.165, 1.54) is 6.08 Å². The number of carbonyl (C=O) groups excluding carboxylic acids is 2. The van der Waals surface area contributed by atoms with E-state index in [-0.39, 0.29) is 6.61 Å². The van der Waals surface area contributed by atoms with Crippen molar-refractivity contribution in [1.82, 2.24) is 4.90 Å². The van der Waals surface area contributed by atoms with E-state index in [1.54, 1.807) is 6.92 Å². The third-order valence-corrected chi connectivity index (χ3v) is 4.70. The summed E-state index contributed by atoms with van der Waals surface area (Å²) >= 11 is 0. The quantitative estimate of drug-likeness (QED) is 0.745. The number of aliphatic hydroxyl groups is 1. The molecule has 6 heteroatoms. The normalized spacial score (nSPS) is 21.1. The molecule has 2 amide bonds. The Morgan fingerprint density at radius 3 is 2.43 bits per heavy atom. The molecule has 0 unspecified atom stereocenters. The molecule has 0 saturated carbocycles. The first-order valence-corrected chi connectivity index (χ1v) is 9.07. The third kappa shape index (κ3) is 4.13. The topological polar surface area (TPSA) is 76.1 Å². The third-order valence-electron chi connectivity index (χ3n) is 4.70. The molecule has 2 aromatic rings. The van der Waals surface area contributed by atoms with Gasteiger partial charge >= 0.3 is 6.09 Å². The standard InChI is InChI=1S/C22H23NO5/c1-3-18(24)20(27-14-16-10-6-4-7-11-16)21(25)23-15(2)19(28-22(23)26)17-12-8-5-9-13-17/h3-13,15,18-20,24H,1,14H2,2H3/t15-,18+,19-,20-/m1/s1. The highest BCUT2D eigenvalue weighted by molar-refractivity contribution is 5.96. The molecule has 1 saturated heterocycles. The maximum Gasteiger partial charge on any atom is 0.417 e.